The Morgan fingerprint density at radius 1 is 1.21 bits per heavy atom. The molecule has 3 heteroatoms. The lowest BCUT2D eigenvalue weighted by Crippen LogP contribution is -2.19. The van der Waals surface area contributed by atoms with Gasteiger partial charge in [-0.05, 0) is 18.4 Å². The molecule has 0 amide bonds. The van der Waals surface area contributed by atoms with Crippen LogP contribution in [0.2, 0.25) is 0 Å². The fraction of sp³-hybridized carbons (Fsp3) is 0.438. The molecule has 19 heavy (non-hydrogen) atoms. The predicted octanol–water partition coefficient (Wildman–Crippen LogP) is 3.10. The molecule has 102 valence electrons. The van der Waals surface area contributed by atoms with Crippen LogP contribution in [0.1, 0.15) is 36.7 Å². The van der Waals surface area contributed by atoms with Gasteiger partial charge in [-0.25, -0.2) is 4.98 Å². The van der Waals surface area contributed by atoms with Crippen molar-refractivity contribution in [2.45, 2.75) is 39.8 Å². The highest BCUT2D eigenvalue weighted by atomic mass is 15.1. The first-order chi connectivity index (χ1) is 9.18. The molecule has 1 heterocycles. The van der Waals surface area contributed by atoms with Crippen LogP contribution in [0.15, 0.2) is 36.7 Å². The van der Waals surface area contributed by atoms with Crippen molar-refractivity contribution in [1.29, 1.82) is 0 Å². The highest BCUT2D eigenvalue weighted by Gasteiger charge is 2.09. The van der Waals surface area contributed by atoms with Gasteiger partial charge >= 0.3 is 0 Å². The maximum atomic E-state index is 4.49. The first-order valence-corrected chi connectivity index (χ1v) is 6.94. The number of imidazole rings is 1. The summed E-state index contributed by atoms with van der Waals surface area (Å²) in [5.74, 6) is 0.499. The van der Waals surface area contributed by atoms with Crippen LogP contribution in [0.4, 0.5) is 0 Å². The minimum atomic E-state index is 0.499. The van der Waals surface area contributed by atoms with E-state index in [9.17, 15) is 0 Å². The normalized spacial score (nSPS) is 11.2. The summed E-state index contributed by atoms with van der Waals surface area (Å²) < 4.78 is 2.23. The van der Waals surface area contributed by atoms with E-state index in [1.807, 2.05) is 12.4 Å². The zero-order valence-corrected chi connectivity index (χ0v) is 12.1. The van der Waals surface area contributed by atoms with Crippen molar-refractivity contribution >= 4 is 0 Å². The van der Waals surface area contributed by atoms with Crippen LogP contribution in [0.25, 0.3) is 0 Å². The molecule has 0 aliphatic carbocycles. The van der Waals surface area contributed by atoms with E-state index in [1.165, 1.54) is 17.0 Å². The number of rotatable bonds is 6. The van der Waals surface area contributed by atoms with Gasteiger partial charge in [0.05, 0.1) is 12.0 Å². The van der Waals surface area contributed by atoms with Crippen molar-refractivity contribution in [3.63, 3.8) is 0 Å². The molecule has 0 unspecified atom stereocenters. The molecule has 0 fully saturated rings. The minimum Gasteiger partial charge on any atom is -0.333 e. The Hall–Kier alpha value is -1.61. The van der Waals surface area contributed by atoms with Crippen LogP contribution in [0.5, 0.6) is 0 Å². The van der Waals surface area contributed by atoms with Gasteiger partial charge in [0, 0.05) is 25.3 Å². The molecule has 1 aromatic carbocycles. The summed E-state index contributed by atoms with van der Waals surface area (Å²) in [7, 11) is 0. The lowest BCUT2D eigenvalue weighted by atomic mass is 10.1. The molecule has 3 nitrogen and oxygen atoms in total. The van der Waals surface area contributed by atoms with E-state index in [4.69, 9.17) is 0 Å². The average Bonchev–Trinajstić information content (AvgIpc) is 2.77. The second-order valence-electron chi connectivity index (χ2n) is 5.23. The fourth-order valence-corrected chi connectivity index (χ4v) is 2.28. The van der Waals surface area contributed by atoms with Crippen LogP contribution < -0.4 is 5.32 Å². The SMILES string of the molecule is Cc1c(C(C)C)ncn1CCNCc1ccccc1. The lowest BCUT2D eigenvalue weighted by molar-refractivity contribution is 0.588. The maximum absolute atomic E-state index is 4.49. The van der Waals surface area contributed by atoms with Crippen LogP contribution in [0.3, 0.4) is 0 Å². The molecule has 0 aliphatic rings. The maximum Gasteiger partial charge on any atom is 0.0952 e. The molecule has 0 aliphatic heterocycles. The molecule has 0 bridgehead atoms. The largest absolute Gasteiger partial charge is 0.333 e. The highest BCUT2D eigenvalue weighted by molar-refractivity contribution is 5.15. The standard InChI is InChI=1S/C16H23N3/c1-13(2)16-14(3)19(12-18-16)10-9-17-11-15-7-5-4-6-8-15/h4-8,12-13,17H,9-11H2,1-3H3. The van der Waals surface area contributed by atoms with Crippen LogP contribution in [-0.4, -0.2) is 16.1 Å². The average molecular weight is 257 g/mol. The molecule has 0 radical (unpaired) electrons. The highest BCUT2D eigenvalue weighted by Crippen LogP contribution is 2.16. The van der Waals surface area contributed by atoms with Gasteiger partial charge < -0.3 is 9.88 Å². The fourth-order valence-electron chi connectivity index (χ4n) is 2.28. The van der Waals surface area contributed by atoms with Gasteiger partial charge in [-0.3, -0.25) is 0 Å². The predicted molar refractivity (Wildman–Crippen MR) is 79.2 cm³/mol. The summed E-state index contributed by atoms with van der Waals surface area (Å²) in [6.45, 7) is 9.38. The molecule has 0 atom stereocenters. The van der Waals surface area contributed by atoms with Crippen molar-refractivity contribution in [2.24, 2.45) is 0 Å². The monoisotopic (exact) mass is 257 g/mol. The molecule has 2 rings (SSSR count). The third-order valence-electron chi connectivity index (χ3n) is 3.39. The number of aromatic nitrogens is 2. The first kappa shape index (κ1) is 13.8. The molecular formula is C16H23N3. The van der Waals surface area contributed by atoms with E-state index in [1.54, 1.807) is 0 Å². The second kappa shape index (κ2) is 6.53. The summed E-state index contributed by atoms with van der Waals surface area (Å²) in [4.78, 5) is 4.49. The quantitative estimate of drug-likeness (QED) is 0.806. The zero-order valence-electron chi connectivity index (χ0n) is 12.1. The van der Waals surface area contributed by atoms with Crippen LogP contribution in [0, 0.1) is 6.92 Å². The zero-order chi connectivity index (χ0) is 13.7. The first-order valence-electron chi connectivity index (χ1n) is 6.94. The number of benzene rings is 1. The van der Waals surface area contributed by atoms with E-state index in [0.717, 1.165) is 19.6 Å². The van der Waals surface area contributed by atoms with E-state index >= 15 is 0 Å². The van der Waals surface area contributed by atoms with Gasteiger partial charge in [0.25, 0.3) is 0 Å². The third-order valence-corrected chi connectivity index (χ3v) is 3.39. The Morgan fingerprint density at radius 2 is 1.95 bits per heavy atom. The molecule has 2 aromatic rings. The van der Waals surface area contributed by atoms with Crippen molar-refractivity contribution in [3.8, 4) is 0 Å². The van der Waals surface area contributed by atoms with Gasteiger partial charge in [0.15, 0.2) is 0 Å². The van der Waals surface area contributed by atoms with Gasteiger partial charge in [-0.2, -0.15) is 0 Å². The van der Waals surface area contributed by atoms with Gasteiger partial charge in [0.2, 0.25) is 0 Å². The number of hydrogen-bond acceptors (Lipinski definition) is 2. The third kappa shape index (κ3) is 3.67. The van der Waals surface area contributed by atoms with Gasteiger partial charge in [-0.15, -0.1) is 0 Å². The van der Waals surface area contributed by atoms with E-state index in [-0.39, 0.29) is 0 Å². The topological polar surface area (TPSA) is 29.9 Å². The summed E-state index contributed by atoms with van der Waals surface area (Å²) in [6.07, 6.45) is 1.95. The number of nitrogens with zero attached hydrogens (tertiary/aromatic N) is 2. The Kier molecular flexibility index (Phi) is 4.74. The molecule has 0 saturated heterocycles. The second-order valence-corrected chi connectivity index (χ2v) is 5.23. The Labute approximate surface area is 115 Å². The Morgan fingerprint density at radius 3 is 2.58 bits per heavy atom. The van der Waals surface area contributed by atoms with Gasteiger partial charge in [-0.1, -0.05) is 44.2 Å². The summed E-state index contributed by atoms with van der Waals surface area (Å²) >= 11 is 0. The summed E-state index contributed by atoms with van der Waals surface area (Å²) in [6, 6.07) is 10.5. The van der Waals surface area contributed by atoms with Crippen LogP contribution >= 0.6 is 0 Å². The van der Waals surface area contributed by atoms with Crippen molar-refractivity contribution in [3.05, 3.63) is 53.6 Å². The van der Waals surface area contributed by atoms with Crippen LogP contribution in [-0.2, 0) is 13.1 Å². The van der Waals surface area contributed by atoms with Crippen molar-refractivity contribution in [1.82, 2.24) is 14.9 Å². The van der Waals surface area contributed by atoms with E-state index < -0.39 is 0 Å². The molecule has 0 saturated carbocycles. The van der Waals surface area contributed by atoms with Crippen molar-refractivity contribution in [2.75, 3.05) is 6.54 Å². The Balaban J connectivity index is 1.80. The molecule has 0 spiro atoms. The summed E-state index contributed by atoms with van der Waals surface area (Å²) in [5, 5.41) is 3.47. The lowest BCUT2D eigenvalue weighted by Gasteiger charge is -2.09. The van der Waals surface area contributed by atoms with E-state index in [0.29, 0.717) is 5.92 Å². The smallest absolute Gasteiger partial charge is 0.0952 e. The molecule has 1 aromatic heterocycles. The number of nitrogens with one attached hydrogen (secondary N) is 1. The van der Waals surface area contributed by atoms with E-state index in [2.05, 4.69) is 59.9 Å². The number of hydrogen-bond donors (Lipinski definition) is 1. The minimum absolute atomic E-state index is 0.499. The summed E-state index contributed by atoms with van der Waals surface area (Å²) in [5.41, 5.74) is 3.83. The van der Waals surface area contributed by atoms with Crippen molar-refractivity contribution < 1.29 is 0 Å². The Bertz CT molecular complexity index is 500. The van der Waals surface area contributed by atoms with Gasteiger partial charge in [0.1, 0.15) is 0 Å². The molecular weight excluding hydrogens is 234 g/mol. The molecule has 1 N–H and O–H groups in total.